The van der Waals surface area contributed by atoms with Crippen molar-refractivity contribution in [3.05, 3.63) is 24.0 Å². The minimum atomic E-state index is -1.03. The van der Waals surface area contributed by atoms with Crippen LogP contribution in [-0.2, 0) is 9.59 Å². The molecule has 2 N–H and O–H groups in total. The van der Waals surface area contributed by atoms with Crippen LogP contribution in [0.2, 0.25) is 0 Å². The summed E-state index contributed by atoms with van der Waals surface area (Å²) in [5, 5.41) is 11.3. The van der Waals surface area contributed by atoms with Gasteiger partial charge in [-0.05, 0) is 18.2 Å². The van der Waals surface area contributed by atoms with E-state index in [0.29, 0.717) is 15.3 Å². The highest BCUT2D eigenvalue weighted by Crippen LogP contribution is 2.26. The molecule has 7 heteroatoms. The highest BCUT2D eigenvalue weighted by atomic mass is 32.1. The van der Waals surface area contributed by atoms with Crippen molar-refractivity contribution >= 4 is 38.6 Å². The number of hydrogen-bond acceptors (Lipinski definition) is 4. The molecule has 0 atom stereocenters. The standard InChI is InChI=1S/C11H9FN2O3S/c12-6-1-2-7-8(5-6)18-11(13-7)14-9(15)3-4-10(16)17/h1-2,5H,3-4H2,(H,16,17)(H,13,14,15). The smallest absolute Gasteiger partial charge is 0.303 e. The Balaban J connectivity index is 2.07. The number of carbonyl (C=O) groups excluding carboxylic acids is 1. The molecule has 0 unspecified atom stereocenters. The van der Waals surface area contributed by atoms with Crippen molar-refractivity contribution in [2.45, 2.75) is 12.8 Å². The van der Waals surface area contributed by atoms with Crippen molar-refractivity contribution in [2.24, 2.45) is 0 Å². The fraction of sp³-hybridized carbons (Fsp3) is 0.182. The van der Waals surface area contributed by atoms with Crippen LogP contribution in [0, 0.1) is 5.82 Å². The monoisotopic (exact) mass is 268 g/mol. The van der Waals surface area contributed by atoms with Gasteiger partial charge in [0.15, 0.2) is 5.13 Å². The number of nitrogens with one attached hydrogen (secondary N) is 1. The van der Waals surface area contributed by atoms with Crippen LogP contribution in [0.4, 0.5) is 9.52 Å². The number of carbonyl (C=O) groups is 2. The van der Waals surface area contributed by atoms with Crippen LogP contribution in [0.1, 0.15) is 12.8 Å². The Kier molecular flexibility index (Phi) is 3.52. The van der Waals surface area contributed by atoms with Crippen molar-refractivity contribution in [1.29, 1.82) is 0 Å². The molecule has 0 radical (unpaired) electrons. The lowest BCUT2D eigenvalue weighted by Crippen LogP contribution is -2.12. The summed E-state index contributed by atoms with van der Waals surface area (Å²) in [4.78, 5) is 25.8. The summed E-state index contributed by atoms with van der Waals surface area (Å²) >= 11 is 1.14. The molecule has 0 aliphatic heterocycles. The van der Waals surface area contributed by atoms with Gasteiger partial charge >= 0.3 is 5.97 Å². The van der Waals surface area contributed by atoms with E-state index in [1.54, 1.807) is 0 Å². The zero-order valence-corrected chi connectivity index (χ0v) is 9.96. The number of carboxylic acids is 1. The third-order valence-corrected chi connectivity index (χ3v) is 3.10. The normalized spacial score (nSPS) is 10.5. The number of rotatable bonds is 4. The molecule has 2 aromatic rings. The zero-order valence-electron chi connectivity index (χ0n) is 9.14. The maximum absolute atomic E-state index is 12.9. The molecule has 0 fully saturated rings. The molecule has 18 heavy (non-hydrogen) atoms. The Hall–Kier alpha value is -2.02. The fourth-order valence-electron chi connectivity index (χ4n) is 1.35. The van der Waals surface area contributed by atoms with Crippen LogP contribution in [0.15, 0.2) is 18.2 Å². The van der Waals surface area contributed by atoms with Crippen LogP contribution in [0.25, 0.3) is 10.2 Å². The minimum Gasteiger partial charge on any atom is -0.481 e. The van der Waals surface area contributed by atoms with E-state index >= 15 is 0 Å². The van der Waals surface area contributed by atoms with E-state index in [4.69, 9.17) is 5.11 Å². The van der Waals surface area contributed by atoms with E-state index < -0.39 is 11.9 Å². The lowest BCUT2D eigenvalue weighted by Gasteiger charge is -1.98. The molecule has 0 saturated carbocycles. The number of halogens is 1. The number of amides is 1. The second-order valence-corrected chi connectivity index (χ2v) is 4.60. The second-order valence-electron chi connectivity index (χ2n) is 3.57. The average molecular weight is 268 g/mol. The van der Waals surface area contributed by atoms with Crippen molar-refractivity contribution < 1.29 is 19.1 Å². The van der Waals surface area contributed by atoms with Gasteiger partial charge in [0.05, 0.1) is 16.6 Å². The van der Waals surface area contributed by atoms with E-state index in [1.807, 2.05) is 0 Å². The Morgan fingerprint density at radius 1 is 1.39 bits per heavy atom. The number of benzene rings is 1. The number of nitrogens with zero attached hydrogens (tertiary/aromatic N) is 1. The minimum absolute atomic E-state index is 0.111. The van der Waals surface area contributed by atoms with Crippen LogP contribution in [0.3, 0.4) is 0 Å². The van der Waals surface area contributed by atoms with Crippen LogP contribution in [-0.4, -0.2) is 22.0 Å². The second kappa shape index (κ2) is 5.09. The number of thiazole rings is 1. The van der Waals surface area contributed by atoms with Gasteiger partial charge in [-0.2, -0.15) is 0 Å². The zero-order chi connectivity index (χ0) is 13.1. The number of fused-ring (bicyclic) bond motifs is 1. The summed E-state index contributed by atoms with van der Waals surface area (Å²) in [6, 6.07) is 4.14. The number of anilines is 1. The van der Waals surface area contributed by atoms with E-state index in [0.717, 1.165) is 11.3 Å². The molecule has 0 aliphatic carbocycles. The van der Waals surface area contributed by atoms with E-state index in [-0.39, 0.29) is 18.7 Å². The molecule has 94 valence electrons. The highest BCUT2D eigenvalue weighted by molar-refractivity contribution is 7.22. The summed E-state index contributed by atoms with van der Waals surface area (Å²) in [5.41, 5.74) is 0.593. The number of carboxylic acid groups (broad SMARTS) is 1. The first-order chi connectivity index (χ1) is 8.54. The van der Waals surface area contributed by atoms with Gasteiger partial charge in [-0.15, -0.1) is 0 Å². The summed E-state index contributed by atoms with van der Waals surface area (Å²) in [5.74, 6) is -1.82. The number of aliphatic carboxylic acids is 1. The summed E-state index contributed by atoms with van der Waals surface area (Å²) in [6.07, 6.45) is -0.342. The molecule has 1 aromatic heterocycles. The predicted molar refractivity (Wildman–Crippen MR) is 65.1 cm³/mol. The van der Waals surface area contributed by atoms with Gasteiger partial charge in [0.2, 0.25) is 5.91 Å². The van der Waals surface area contributed by atoms with Crippen LogP contribution in [0.5, 0.6) is 0 Å². The van der Waals surface area contributed by atoms with E-state index in [2.05, 4.69) is 10.3 Å². The fourth-order valence-corrected chi connectivity index (χ4v) is 2.26. The average Bonchev–Trinajstić information content (AvgIpc) is 2.67. The Morgan fingerprint density at radius 3 is 2.89 bits per heavy atom. The Morgan fingerprint density at radius 2 is 2.17 bits per heavy atom. The SMILES string of the molecule is O=C(O)CCC(=O)Nc1nc2ccc(F)cc2s1. The predicted octanol–water partition coefficient (Wildman–Crippen LogP) is 2.24. The number of aromatic nitrogens is 1. The first kappa shape index (κ1) is 12.4. The number of hydrogen-bond donors (Lipinski definition) is 2. The van der Waals surface area contributed by atoms with Gasteiger partial charge < -0.3 is 10.4 Å². The lowest BCUT2D eigenvalue weighted by molar-refractivity contribution is -0.138. The molecular weight excluding hydrogens is 259 g/mol. The molecule has 1 aromatic carbocycles. The summed E-state index contributed by atoms with van der Waals surface area (Å²) in [7, 11) is 0. The van der Waals surface area contributed by atoms with Crippen molar-refractivity contribution in [3.8, 4) is 0 Å². The largest absolute Gasteiger partial charge is 0.481 e. The molecule has 2 rings (SSSR count). The van der Waals surface area contributed by atoms with Gasteiger partial charge in [0, 0.05) is 6.42 Å². The Labute approximate surface area is 105 Å². The third-order valence-electron chi connectivity index (χ3n) is 2.16. The summed E-state index contributed by atoms with van der Waals surface area (Å²) < 4.78 is 13.6. The molecule has 0 aliphatic rings. The van der Waals surface area contributed by atoms with Gasteiger partial charge in [0.1, 0.15) is 5.82 Å². The molecular formula is C11H9FN2O3S. The molecule has 0 spiro atoms. The highest BCUT2D eigenvalue weighted by Gasteiger charge is 2.09. The van der Waals surface area contributed by atoms with Gasteiger partial charge in [-0.25, -0.2) is 9.37 Å². The first-order valence-electron chi connectivity index (χ1n) is 5.12. The quantitative estimate of drug-likeness (QED) is 0.891. The maximum atomic E-state index is 12.9. The van der Waals surface area contributed by atoms with Crippen molar-refractivity contribution in [3.63, 3.8) is 0 Å². The molecule has 5 nitrogen and oxygen atoms in total. The topological polar surface area (TPSA) is 79.3 Å². The van der Waals surface area contributed by atoms with E-state index in [1.165, 1.54) is 18.2 Å². The third kappa shape index (κ3) is 3.01. The molecule has 1 heterocycles. The van der Waals surface area contributed by atoms with Gasteiger partial charge in [-0.1, -0.05) is 11.3 Å². The molecule has 1 amide bonds. The molecule has 0 saturated heterocycles. The Bertz CT molecular complexity index is 611. The summed E-state index contributed by atoms with van der Waals surface area (Å²) in [6.45, 7) is 0. The first-order valence-corrected chi connectivity index (χ1v) is 5.94. The lowest BCUT2D eigenvalue weighted by atomic mass is 10.3. The van der Waals surface area contributed by atoms with Gasteiger partial charge in [0.25, 0.3) is 0 Å². The maximum Gasteiger partial charge on any atom is 0.303 e. The van der Waals surface area contributed by atoms with Crippen molar-refractivity contribution in [1.82, 2.24) is 4.98 Å². The molecule has 0 bridgehead atoms. The van der Waals surface area contributed by atoms with Crippen molar-refractivity contribution in [2.75, 3.05) is 5.32 Å². The van der Waals surface area contributed by atoms with Gasteiger partial charge in [-0.3, -0.25) is 9.59 Å². The van der Waals surface area contributed by atoms with Crippen LogP contribution < -0.4 is 5.32 Å². The van der Waals surface area contributed by atoms with E-state index in [9.17, 15) is 14.0 Å². The van der Waals surface area contributed by atoms with Crippen LogP contribution >= 0.6 is 11.3 Å².